The van der Waals surface area contributed by atoms with E-state index in [2.05, 4.69) is 56.0 Å². The van der Waals surface area contributed by atoms with E-state index in [4.69, 9.17) is 5.73 Å². The van der Waals surface area contributed by atoms with Crippen LogP contribution in [0, 0.1) is 0 Å². The van der Waals surface area contributed by atoms with Gasteiger partial charge < -0.3 is 10.6 Å². The van der Waals surface area contributed by atoms with Gasteiger partial charge in [-0.1, -0.05) is 44.9 Å². The number of rotatable bonds is 8. The molecule has 0 bridgehead atoms. The Bertz CT molecular complexity index is 382. The zero-order valence-corrected chi connectivity index (χ0v) is 12.7. The van der Waals surface area contributed by atoms with Crippen molar-refractivity contribution in [2.45, 2.75) is 52.9 Å². The van der Waals surface area contributed by atoms with Gasteiger partial charge in [0.05, 0.1) is 0 Å². The standard InChI is InChI=1S/C17H28N2/c1-4-7-14-16(18)17(11-5-2)19(6-3)15-12-9-8-10-13-15/h8-10,12-13H,4-7,11,14,18H2,1-3H3/b17-16+. The van der Waals surface area contributed by atoms with E-state index in [1.165, 1.54) is 24.2 Å². The van der Waals surface area contributed by atoms with Gasteiger partial charge in [-0.3, -0.25) is 0 Å². The Labute approximate surface area is 118 Å². The fraction of sp³-hybridized carbons (Fsp3) is 0.529. The molecule has 19 heavy (non-hydrogen) atoms. The van der Waals surface area contributed by atoms with Crippen LogP contribution < -0.4 is 10.6 Å². The first-order valence-corrected chi connectivity index (χ1v) is 7.54. The summed E-state index contributed by atoms with van der Waals surface area (Å²) < 4.78 is 0. The summed E-state index contributed by atoms with van der Waals surface area (Å²) in [7, 11) is 0. The Balaban J connectivity index is 3.01. The van der Waals surface area contributed by atoms with Crippen molar-refractivity contribution in [2.75, 3.05) is 11.4 Å². The Morgan fingerprint density at radius 3 is 2.21 bits per heavy atom. The lowest BCUT2D eigenvalue weighted by atomic mass is 10.1. The number of anilines is 1. The highest BCUT2D eigenvalue weighted by atomic mass is 15.1. The molecule has 1 aromatic rings. The smallest absolute Gasteiger partial charge is 0.0408 e. The van der Waals surface area contributed by atoms with Crippen LogP contribution in [0.15, 0.2) is 41.7 Å². The number of hydrogen-bond donors (Lipinski definition) is 1. The van der Waals surface area contributed by atoms with E-state index in [1.54, 1.807) is 0 Å². The first kappa shape index (κ1) is 15.6. The Kier molecular flexibility index (Phi) is 7.09. The van der Waals surface area contributed by atoms with E-state index >= 15 is 0 Å². The molecule has 0 fully saturated rings. The lowest BCUT2D eigenvalue weighted by molar-refractivity contribution is 0.738. The normalized spacial score (nSPS) is 12.2. The number of para-hydroxylation sites is 1. The summed E-state index contributed by atoms with van der Waals surface area (Å²) >= 11 is 0. The summed E-state index contributed by atoms with van der Waals surface area (Å²) in [5.74, 6) is 0. The maximum atomic E-state index is 6.34. The summed E-state index contributed by atoms with van der Waals surface area (Å²) in [5, 5.41) is 0. The van der Waals surface area contributed by atoms with Crippen molar-refractivity contribution in [3.05, 3.63) is 41.7 Å². The van der Waals surface area contributed by atoms with Crippen LogP contribution in [-0.4, -0.2) is 6.54 Å². The molecule has 106 valence electrons. The van der Waals surface area contributed by atoms with E-state index in [-0.39, 0.29) is 0 Å². The average molecular weight is 260 g/mol. The van der Waals surface area contributed by atoms with Crippen molar-refractivity contribution in [1.29, 1.82) is 0 Å². The Morgan fingerprint density at radius 2 is 1.68 bits per heavy atom. The SMILES string of the molecule is CCCC/C(N)=C(/CCC)N(CC)c1ccccc1. The van der Waals surface area contributed by atoms with Crippen LogP contribution >= 0.6 is 0 Å². The molecule has 0 heterocycles. The van der Waals surface area contributed by atoms with E-state index in [0.29, 0.717) is 0 Å². The summed E-state index contributed by atoms with van der Waals surface area (Å²) in [6.07, 6.45) is 5.56. The topological polar surface area (TPSA) is 29.3 Å². The summed E-state index contributed by atoms with van der Waals surface area (Å²) in [6, 6.07) is 10.5. The molecule has 1 aromatic carbocycles. The Morgan fingerprint density at radius 1 is 1.00 bits per heavy atom. The lowest BCUT2D eigenvalue weighted by Crippen LogP contribution is -2.25. The molecule has 0 saturated heterocycles. The summed E-state index contributed by atoms with van der Waals surface area (Å²) in [5.41, 5.74) is 9.96. The number of unbranched alkanes of at least 4 members (excludes halogenated alkanes) is 1. The van der Waals surface area contributed by atoms with Crippen LogP contribution in [0.2, 0.25) is 0 Å². The molecule has 1 rings (SSSR count). The minimum atomic E-state index is 0.964. The largest absolute Gasteiger partial charge is 0.401 e. The monoisotopic (exact) mass is 260 g/mol. The quantitative estimate of drug-likeness (QED) is 0.735. The molecule has 0 spiro atoms. The second kappa shape index (κ2) is 8.63. The van der Waals surface area contributed by atoms with Gasteiger partial charge in [0, 0.05) is 23.6 Å². The third kappa shape index (κ3) is 4.62. The molecule has 2 heteroatoms. The highest BCUT2D eigenvalue weighted by Gasteiger charge is 2.12. The number of hydrogen-bond acceptors (Lipinski definition) is 2. The van der Waals surface area contributed by atoms with E-state index < -0.39 is 0 Å². The highest BCUT2D eigenvalue weighted by molar-refractivity contribution is 5.52. The van der Waals surface area contributed by atoms with Crippen LogP contribution in [0.1, 0.15) is 52.9 Å². The zero-order valence-electron chi connectivity index (χ0n) is 12.7. The molecule has 0 aromatic heterocycles. The molecule has 0 amide bonds. The van der Waals surface area contributed by atoms with Crippen LogP contribution in [0.3, 0.4) is 0 Å². The van der Waals surface area contributed by atoms with E-state index in [0.717, 1.165) is 31.5 Å². The molecule has 0 unspecified atom stereocenters. The predicted octanol–water partition coefficient (Wildman–Crippen LogP) is 4.67. The van der Waals surface area contributed by atoms with Gasteiger partial charge in [-0.25, -0.2) is 0 Å². The molecule has 0 aliphatic heterocycles. The molecule has 0 aliphatic carbocycles. The lowest BCUT2D eigenvalue weighted by Gasteiger charge is -2.28. The third-order valence-corrected chi connectivity index (χ3v) is 3.37. The molecule has 0 radical (unpaired) electrons. The van der Waals surface area contributed by atoms with Crippen molar-refractivity contribution in [3.8, 4) is 0 Å². The second-order valence-electron chi connectivity index (χ2n) is 4.91. The predicted molar refractivity (Wildman–Crippen MR) is 85.1 cm³/mol. The van der Waals surface area contributed by atoms with E-state index in [1.807, 2.05) is 0 Å². The summed E-state index contributed by atoms with van der Waals surface area (Å²) in [4.78, 5) is 2.36. The minimum Gasteiger partial charge on any atom is -0.401 e. The van der Waals surface area contributed by atoms with Crippen LogP contribution in [0.5, 0.6) is 0 Å². The fourth-order valence-electron chi connectivity index (χ4n) is 2.35. The van der Waals surface area contributed by atoms with Crippen LogP contribution in [0.4, 0.5) is 5.69 Å². The first-order chi connectivity index (χ1) is 9.24. The zero-order chi connectivity index (χ0) is 14.1. The van der Waals surface area contributed by atoms with Gasteiger partial charge in [0.1, 0.15) is 0 Å². The van der Waals surface area contributed by atoms with Gasteiger partial charge in [-0.15, -0.1) is 0 Å². The van der Waals surface area contributed by atoms with Crippen molar-refractivity contribution in [2.24, 2.45) is 5.73 Å². The maximum absolute atomic E-state index is 6.34. The number of benzene rings is 1. The highest BCUT2D eigenvalue weighted by Crippen LogP contribution is 2.24. The third-order valence-electron chi connectivity index (χ3n) is 3.37. The Hall–Kier alpha value is -1.44. The minimum absolute atomic E-state index is 0.964. The molecule has 2 N–H and O–H groups in total. The van der Waals surface area contributed by atoms with Gasteiger partial charge in [0.2, 0.25) is 0 Å². The van der Waals surface area contributed by atoms with Crippen molar-refractivity contribution >= 4 is 5.69 Å². The number of nitrogens with zero attached hydrogens (tertiary/aromatic N) is 1. The van der Waals surface area contributed by atoms with Crippen molar-refractivity contribution in [3.63, 3.8) is 0 Å². The van der Waals surface area contributed by atoms with Gasteiger partial charge in [0.15, 0.2) is 0 Å². The maximum Gasteiger partial charge on any atom is 0.0408 e. The number of allylic oxidation sites excluding steroid dienone is 2. The fourth-order valence-corrected chi connectivity index (χ4v) is 2.35. The molecular weight excluding hydrogens is 232 g/mol. The average Bonchev–Trinajstić information content (AvgIpc) is 2.45. The molecule has 0 aliphatic rings. The van der Waals surface area contributed by atoms with E-state index in [9.17, 15) is 0 Å². The van der Waals surface area contributed by atoms with Crippen molar-refractivity contribution in [1.82, 2.24) is 0 Å². The van der Waals surface area contributed by atoms with Gasteiger partial charge in [-0.2, -0.15) is 0 Å². The molecule has 2 nitrogen and oxygen atoms in total. The molecule has 0 atom stereocenters. The number of nitrogens with two attached hydrogens (primary N) is 1. The van der Waals surface area contributed by atoms with Crippen LogP contribution in [0.25, 0.3) is 0 Å². The first-order valence-electron chi connectivity index (χ1n) is 7.54. The van der Waals surface area contributed by atoms with Gasteiger partial charge in [0.25, 0.3) is 0 Å². The molecule has 0 saturated carbocycles. The van der Waals surface area contributed by atoms with Gasteiger partial charge in [-0.05, 0) is 38.3 Å². The molecular formula is C17H28N2. The summed E-state index contributed by atoms with van der Waals surface area (Å²) in [6.45, 7) is 7.58. The second-order valence-corrected chi connectivity index (χ2v) is 4.91. The van der Waals surface area contributed by atoms with Gasteiger partial charge >= 0.3 is 0 Å². The van der Waals surface area contributed by atoms with Crippen LogP contribution in [-0.2, 0) is 0 Å². The van der Waals surface area contributed by atoms with Crippen molar-refractivity contribution < 1.29 is 0 Å².